The van der Waals surface area contributed by atoms with Crippen LogP contribution in [0.3, 0.4) is 0 Å². The molecule has 2 rings (SSSR count). The molecular formula is C15H21BrClNO. The number of aliphatic hydroxyl groups excluding tert-OH is 1. The zero-order chi connectivity index (χ0) is 14.1. The van der Waals surface area contributed by atoms with Gasteiger partial charge < -0.3 is 10.4 Å². The second-order valence-corrected chi connectivity index (χ2v) is 7.65. The Morgan fingerprint density at radius 3 is 2.68 bits per heavy atom. The molecule has 1 atom stereocenters. The highest BCUT2D eigenvalue weighted by Gasteiger charge is 2.39. The van der Waals surface area contributed by atoms with Crippen LogP contribution in [0.4, 0.5) is 5.69 Å². The largest absolute Gasteiger partial charge is 0.394 e. The number of hydrogen-bond donors (Lipinski definition) is 2. The van der Waals surface area contributed by atoms with Gasteiger partial charge in [0.05, 0.1) is 17.2 Å². The Bertz CT molecular complexity index is 463. The quantitative estimate of drug-likeness (QED) is 0.820. The van der Waals surface area contributed by atoms with E-state index in [1.807, 2.05) is 18.2 Å². The summed E-state index contributed by atoms with van der Waals surface area (Å²) < 4.78 is 0.877. The van der Waals surface area contributed by atoms with Gasteiger partial charge in [-0.2, -0.15) is 0 Å². The molecule has 2 N–H and O–H groups in total. The first-order valence-corrected chi connectivity index (χ1v) is 7.87. The van der Waals surface area contributed by atoms with Gasteiger partial charge in [0.2, 0.25) is 0 Å². The van der Waals surface area contributed by atoms with Crippen LogP contribution in [0.1, 0.15) is 39.5 Å². The molecule has 0 aromatic heterocycles. The monoisotopic (exact) mass is 345 g/mol. The van der Waals surface area contributed by atoms with E-state index in [0.717, 1.165) is 29.4 Å². The predicted octanol–water partition coefficient (Wildman–Crippen LogP) is 4.85. The summed E-state index contributed by atoms with van der Waals surface area (Å²) in [6, 6.07) is 5.81. The Hall–Kier alpha value is -0.250. The summed E-state index contributed by atoms with van der Waals surface area (Å²) in [6.45, 7) is 4.71. The molecule has 0 amide bonds. The lowest BCUT2D eigenvalue weighted by molar-refractivity contribution is 0.105. The van der Waals surface area contributed by atoms with Crippen LogP contribution < -0.4 is 5.32 Å². The van der Waals surface area contributed by atoms with Gasteiger partial charge in [0.15, 0.2) is 0 Å². The lowest BCUT2D eigenvalue weighted by Gasteiger charge is -2.45. The van der Waals surface area contributed by atoms with Crippen LogP contribution in [0.15, 0.2) is 22.7 Å². The molecule has 0 aliphatic heterocycles. The van der Waals surface area contributed by atoms with E-state index in [0.29, 0.717) is 5.02 Å². The lowest BCUT2D eigenvalue weighted by atomic mass is 9.68. The molecule has 1 aliphatic rings. The number of aliphatic hydroxyl groups is 1. The minimum absolute atomic E-state index is 0.163. The molecule has 1 fully saturated rings. The number of anilines is 1. The van der Waals surface area contributed by atoms with Crippen LogP contribution in [0.2, 0.25) is 5.02 Å². The first kappa shape index (κ1) is 15.1. The molecule has 0 bridgehead atoms. The number of halogens is 2. The van der Waals surface area contributed by atoms with Crippen molar-refractivity contribution in [3.05, 3.63) is 27.7 Å². The van der Waals surface area contributed by atoms with Gasteiger partial charge in [-0.05, 0) is 58.8 Å². The fourth-order valence-electron chi connectivity index (χ4n) is 3.16. The van der Waals surface area contributed by atoms with Gasteiger partial charge in [0.1, 0.15) is 0 Å². The van der Waals surface area contributed by atoms with Crippen molar-refractivity contribution in [3.8, 4) is 0 Å². The Morgan fingerprint density at radius 1 is 1.37 bits per heavy atom. The number of hydrogen-bond acceptors (Lipinski definition) is 2. The zero-order valence-electron chi connectivity index (χ0n) is 11.5. The van der Waals surface area contributed by atoms with Gasteiger partial charge in [-0.1, -0.05) is 31.9 Å². The smallest absolute Gasteiger partial charge is 0.0661 e. The van der Waals surface area contributed by atoms with Gasteiger partial charge >= 0.3 is 0 Å². The summed E-state index contributed by atoms with van der Waals surface area (Å²) in [5.74, 6) is 0. The topological polar surface area (TPSA) is 32.3 Å². The second kappa shape index (κ2) is 5.63. The van der Waals surface area contributed by atoms with Crippen LogP contribution >= 0.6 is 27.5 Å². The SMILES string of the molecule is CC1(C)CCCC(CO)(Nc2ccc(Cl)c(Br)c2)C1. The predicted molar refractivity (Wildman–Crippen MR) is 84.8 cm³/mol. The van der Waals surface area contributed by atoms with Gasteiger partial charge in [0, 0.05) is 10.2 Å². The fourth-order valence-corrected chi connectivity index (χ4v) is 3.66. The maximum atomic E-state index is 9.86. The lowest BCUT2D eigenvalue weighted by Crippen LogP contribution is -2.48. The van der Waals surface area contributed by atoms with Gasteiger partial charge in [-0.3, -0.25) is 0 Å². The minimum atomic E-state index is -0.213. The molecule has 1 aliphatic carbocycles. The third-order valence-electron chi connectivity index (χ3n) is 3.96. The van der Waals surface area contributed by atoms with Gasteiger partial charge in [-0.25, -0.2) is 0 Å². The molecule has 0 spiro atoms. The van der Waals surface area contributed by atoms with Crippen molar-refractivity contribution < 1.29 is 5.11 Å². The Labute approximate surface area is 128 Å². The first-order chi connectivity index (χ1) is 8.86. The van der Waals surface area contributed by atoms with Crippen molar-refractivity contribution in [2.45, 2.75) is 45.1 Å². The van der Waals surface area contributed by atoms with Crippen LogP contribution in [-0.4, -0.2) is 17.3 Å². The molecule has 1 aromatic rings. The zero-order valence-corrected chi connectivity index (χ0v) is 13.8. The fraction of sp³-hybridized carbons (Fsp3) is 0.600. The first-order valence-electron chi connectivity index (χ1n) is 6.70. The maximum absolute atomic E-state index is 9.86. The highest BCUT2D eigenvalue weighted by atomic mass is 79.9. The van der Waals surface area contributed by atoms with Crippen molar-refractivity contribution in [1.82, 2.24) is 0 Å². The highest BCUT2D eigenvalue weighted by Crippen LogP contribution is 2.42. The third-order valence-corrected chi connectivity index (χ3v) is 5.17. The molecular weight excluding hydrogens is 326 g/mol. The summed E-state index contributed by atoms with van der Waals surface area (Å²) in [5, 5.41) is 14.1. The van der Waals surface area contributed by atoms with E-state index in [-0.39, 0.29) is 17.6 Å². The number of benzene rings is 1. The Balaban J connectivity index is 2.20. The Morgan fingerprint density at radius 2 is 2.11 bits per heavy atom. The van der Waals surface area contributed by atoms with E-state index in [4.69, 9.17) is 11.6 Å². The summed E-state index contributed by atoms with van der Waals surface area (Å²) in [6.07, 6.45) is 4.36. The van der Waals surface area contributed by atoms with Crippen LogP contribution in [0.25, 0.3) is 0 Å². The molecule has 0 radical (unpaired) electrons. The van der Waals surface area contributed by atoms with E-state index in [9.17, 15) is 5.11 Å². The normalized spacial score (nSPS) is 26.2. The van der Waals surface area contributed by atoms with Crippen LogP contribution in [-0.2, 0) is 0 Å². The van der Waals surface area contributed by atoms with E-state index in [2.05, 4.69) is 35.1 Å². The number of rotatable bonds is 3. The van der Waals surface area contributed by atoms with Crippen LogP contribution in [0.5, 0.6) is 0 Å². The molecule has 4 heteroatoms. The van der Waals surface area contributed by atoms with Crippen molar-refractivity contribution in [1.29, 1.82) is 0 Å². The second-order valence-electron chi connectivity index (χ2n) is 6.39. The molecule has 1 saturated carbocycles. The maximum Gasteiger partial charge on any atom is 0.0661 e. The van der Waals surface area contributed by atoms with E-state index < -0.39 is 0 Å². The van der Waals surface area contributed by atoms with Crippen molar-refractivity contribution in [2.24, 2.45) is 5.41 Å². The molecule has 19 heavy (non-hydrogen) atoms. The number of nitrogens with one attached hydrogen (secondary N) is 1. The molecule has 0 heterocycles. The molecule has 0 saturated heterocycles. The highest BCUT2D eigenvalue weighted by molar-refractivity contribution is 9.10. The molecule has 1 unspecified atom stereocenters. The van der Waals surface area contributed by atoms with Crippen molar-refractivity contribution in [3.63, 3.8) is 0 Å². The van der Waals surface area contributed by atoms with Gasteiger partial charge in [0.25, 0.3) is 0 Å². The van der Waals surface area contributed by atoms with Crippen LogP contribution in [0, 0.1) is 5.41 Å². The summed E-state index contributed by atoms with van der Waals surface area (Å²) in [7, 11) is 0. The minimum Gasteiger partial charge on any atom is -0.394 e. The average Bonchev–Trinajstić information content (AvgIpc) is 2.33. The van der Waals surface area contributed by atoms with Crippen molar-refractivity contribution >= 4 is 33.2 Å². The van der Waals surface area contributed by atoms with E-state index >= 15 is 0 Å². The third kappa shape index (κ3) is 3.65. The molecule has 1 aromatic carbocycles. The van der Waals surface area contributed by atoms with E-state index in [1.54, 1.807) is 0 Å². The molecule has 2 nitrogen and oxygen atoms in total. The molecule has 106 valence electrons. The summed E-state index contributed by atoms with van der Waals surface area (Å²) in [4.78, 5) is 0. The average molecular weight is 347 g/mol. The van der Waals surface area contributed by atoms with Gasteiger partial charge in [-0.15, -0.1) is 0 Å². The van der Waals surface area contributed by atoms with E-state index in [1.165, 1.54) is 6.42 Å². The van der Waals surface area contributed by atoms with Crippen molar-refractivity contribution in [2.75, 3.05) is 11.9 Å². The Kier molecular flexibility index (Phi) is 4.49. The summed E-state index contributed by atoms with van der Waals surface area (Å²) in [5.41, 5.74) is 1.06. The summed E-state index contributed by atoms with van der Waals surface area (Å²) >= 11 is 9.45. The standard InChI is InChI=1S/C15H21BrClNO/c1-14(2)6-3-7-15(9-14,10-19)18-11-4-5-13(17)12(16)8-11/h4-5,8,18-19H,3,6-7,9-10H2,1-2H3.